The fourth-order valence-corrected chi connectivity index (χ4v) is 2.38. The Hall–Kier alpha value is -0.370. The van der Waals surface area contributed by atoms with E-state index in [9.17, 15) is 4.79 Å². The average molecular weight is 140 g/mol. The van der Waals surface area contributed by atoms with Crippen molar-refractivity contribution in [3.05, 3.63) is 0 Å². The molecule has 0 aromatic carbocycles. The zero-order valence-electron chi connectivity index (χ0n) is 5.92. The van der Waals surface area contributed by atoms with Crippen molar-refractivity contribution in [1.29, 1.82) is 0 Å². The quantitative estimate of drug-likeness (QED) is 0.579. The van der Waals surface area contributed by atoms with E-state index in [1.165, 1.54) is 0 Å². The first-order valence-electron chi connectivity index (χ1n) is 3.96. The number of fused-ring (bicyclic) bond motifs is 1. The lowest BCUT2D eigenvalue weighted by molar-refractivity contribution is -0.127. The van der Waals surface area contributed by atoms with Gasteiger partial charge in [0.05, 0.1) is 0 Å². The summed E-state index contributed by atoms with van der Waals surface area (Å²) in [5, 5.41) is 8.80. The zero-order chi connectivity index (χ0) is 7.14. The molecule has 56 valence electrons. The van der Waals surface area contributed by atoms with E-state index in [0.29, 0.717) is 17.6 Å². The van der Waals surface area contributed by atoms with Gasteiger partial charge in [0.25, 0.3) is 0 Å². The zero-order valence-corrected chi connectivity index (χ0v) is 5.92. The number of carbonyl (C=O) groups is 1. The van der Waals surface area contributed by atoms with E-state index in [1.807, 2.05) is 0 Å². The van der Waals surface area contributed by atoms with Gasteiger partial charge in [0, 0.05) is 18.9 Å². The third-order valence-corrected chi connectivity index (χ3v) is 2.99. The van der Waals surface area contributed by atoms with E-state index >= 15 is 0 Å². The number of Topliss-reactive ketones (excluding diaryl/α,β-unsaturated/α-hetero) is 1. The highest BCUT2D eigenvalue weighted by atomic mass is 16.3. The predicted molar refractivity (Wildman–Crippen MR) is 36.4 cm³/mol. The molecule has 0 radical (unpaired) electrons. The standard InChI is InChI=1S/C8H12O2/c9-4-6-3-5-1-2-7(10)8(5)6/h5-6,8-9H,1-4H2/t5-,6+,8-/m0/s1. The van der Waals surface area contributed by atoms with Crippen LogP contribution in [-0.2, 0) is 4.79 Å². The lowest BCUT2D eigenvalue weighted by Crippen LogP contribution is -2.38. The summed E-state index contributed by atoms with van der Waals surface area (Å²) < 4.78 is 0. The van der Waals surface area contributed by atoms with E-state index < -0.39 is 0 Å². The van der Waals surface area contributed by atoms with Gasteiger partial charge in [-0.1, -0.05) is 0 Å². The summed E-state index contributed by atoms with van der Waals surface area (Å²) in [4.78, 5) is 11.1. The molecule has 2 saturated carbocycles. The first-order valence-corrected chi connectivity index (χ1v) is 3.96. The van der Waals surface area contributed by atoms with Crippen molar-refractivity contribution >= 4 is 5.78 Å². The van der Waals surface area contributed by atoms with Gasteiger partial charge in [0.1, 0.15) is 5.78 Å². The third-order valence-electron chi connectivity index (χ3n) is 2.99. The maximum Gasteiger partial charge on any atom is 0.136 e. The molecule has 2 aliphatic rings. The van der Waals surface area contributed by atoms with Crippen LogP contribution in [-0.4, -0.2) is 17.5 Å². The van der Waals surface area contributed by atoms with Crippen molar-refractivity contribution in [3.8, 4) is 0 Å². The summed E-state index contributed by atoms with van der Waals surface area (Å²) in [7, 11) is 0. The van der Waals surface area contributed by atoms with Crippen molar-refractivity contribution in [3.63, 3.8) is 0 Å². The summed E-state index contributed by atoms with van der Waals surface area (Å²) in [5.74, 6) is 1.62. The summed E-state index contributed by atoms with van der Waals surface area (Å²) in [5.41, 5.74) is 0. The minimum absolute atomic E-state index is 0.215. The molecule has 3 atom stereocenters. The van der Waals surface area contributed by atoms with E-state index in [2.05, 4.69) is 0 Å². The van der Waals surface area contributed by atoms with Gasteiger partial charge in [-0.3, -0.25) is 4.79 Å². The van der Waals surface area contributed by atoms with E-state index in [1.54, 1.807) is 0 Å². The highest BCUT2D eigenvalue weighted by molar-refractivity contribution is 5.84. The monoisotopic (exact) mass is 140 g/mol. The lowest BCUT2D eigenvalue weighted by Gasteiger charge is -2.37. The Morgan fingerprint density at radius 3 is 3.00 bits per heavy atom. The third kappa shape index (κ3) is 0.655. The highest BCUT2D eigenvalue weighted by Gasteiger charge is 2.48. The van der Waals surface area contributed by atoms with Crippen LogP contribution in [0, 0.1) is 17.8 Å². The van der Waals surface area contributed by atoms with Crippen LogP contribution in [0.15, 0.2) is 0 Å². The van der Waals surface area contributed by atoms with Crippen molar-refractivity contribution in [1.82, 2.24) is 0 Å². The normalized spacial score (nSPS) is 44.9. The molecule has 0 saturated heterocycles. The predicted octanol–water partition coefficient (Wildman–Crippen LogP) is 0.594. The summed E-state index contributed by atoms with van der Waals surface area (Å²) in [6.07, 6.45) is 2.94. The Morgan fingerprint density at radius 1 is 1.60 bits per heavy atom. The molecule has 0 aliphatic heterocycles. The molecule has 0 bridgehead atoms. The summed E-state index contributed by atoms with van der Waals surface area (Å²) in [6.45, 7) is 0.215. The SMILES string of the molecule is O=C1CC[C@H]2C[C@H](CO)[C@@H]12. The number of rotatable bonds is 1. The van der Waals surface area contributed by atoms with Crippen LogP contribution in [0.25, 0.3) is 0 Å². The molecular weight excluding hydrogens is 128 g/mol. The van der Waals surface area contributed by atoms with Crippen LogP contribution < -0.4 is 0 Å². The second-order valence-corrected chi connectivity index (χ2v) is 3.47. The maximum absolute atomic E-state index is 11.1. The van der Waals surface area contributed by atoms with Gasteiger partial charge in [-0.05, 0) is 24.7 Å². The summed E-state index contributed by atoms with van der Waals surface area (Å²) >= 11 is 0. The minimum Gasteiger partial charge on any atom is -0.396 e. The minimum atomic E-state index is 0.215. The molecule has 0 unspecified atom stereocenters. The van der Waals surface area contributed by atoms with Crippen molar-refractivity contribution in [2.75, 3.05) is 6.61 Å². The van der Waals surface area contributed by atoms with Crippen molar-refractivity contribution in [2.24, 2.45) is 17.8 Å². The number of hydrogen-bond acceptors (Lipinski definition) is 2. The number of carbonyl (C=O) groups excluding carboxylic acids is 1. The van der Waals surface area contributed by atoms with Crippen LogP contribution in [0.4, 0.5) is 0 Å². The fraction of sp³-hybridized carbons (Fsp3) is 0.875. The second-order valence-electron chi connectivity index (χ2n) is 3.47. The van der Waals surface area contributed by atoms with Gasteiger partial charge in [0.2, 0.25) is 0 Å². The molecule has 2 aliphatic carbocycles. The number of ketones is 1. The Morgan fingerprint density at radius 2 is 2.40 bits per heavy atom. The molecule has 10 heavy (non-hydrogen) atoms. The van der Waals surface area contributed by atoms with Crippen LogP contribution >= 0.6 is 0 Å². The molecular formula is C8H12O2. The molecule has 1 N–H and O–H groups in total. The number of hydrogen-bond donors (Lipinski definition) is 1. The maximum atomic E-state index is 11.1. The molecule has 2 heteroatoms. The molecule has 2 nitrogen and oxygen atoms in total. The van der Waals surface area contributed by atoms with Gasteiger partial charge in [-0.15, -0.1) is 0 Å². The molecule has 0 aromatic heterocycles. The average Bonchev–Trinajstić information content (AvgIpc) is 2.09. The number of aliphatic hydroxyl groups is 1. The molecule has 2 rings (SSSR count). The van der Waals surface area contributed by atoms with Crippen molar-refractivity contribution in [2.45, 2.75) is 19.3 Å². The Balaban J connectivity index is 2.06. The lowest BCUT2D eigenvalue weighted by atomic mass is 9.67. The smallest absolute Gasteiger partial charge is 0.136 e. The van der Waals surface area contributed by atoms with Crippen LogP contribution in [0.5, 0.6) is 0 Å². The molecule has 2 fully saturated rings. The van der Waals surface area contributed by atoms with Gasteiger partial charge in [-0.25, -0.2) is 0 Å². The second kappa shape index (κ2) is 2.06. The largest absolute Gasteiger partial charge is 0.396 e. The topological polar surface area (TPSA) is 37.3 Å². The number of aliphatic hydroxyl groups excluding tert-OH is 1. The van der Waals surface area contributed by atoms with Crippen LogP contribution in [0.3, 0.4) is 0 Å². The van der Waals surface area contributed by atoms with Gasteiger partial charge < -0.3 is 5.11 Å². The van der Waals surface area contributed by atoms with Crippen LogP contribution in [0.1, 0.15) is 19.3 Å². The van der Waals surface area contributed by atoms with Crippen molar-refractivity contribution < 1.29 is 9.90 Å². The first-order chi connectivity index (χ1) is 4.83. The summed E-state index contributed by atoms with van der Waals surface area (Å²) in [6, 6.07) is 0. The van der Waals surface area contributed by atoms with Gasteiger partial charge >= 0.3 is 0 Å². The van der Waals surface area contributed by atoms with E-state index in [4.69, 9.17) is 5.11 Å². The first kappa shape index (κ1) is 6.35. The molecule has 0 spiro atoms. The van der Waals surface area contributed by atoms with E-state index in [-0.39, 0.29) is 12.5 Å². The molecule has 0 heterocycles. The van der Waals surface area contributed by atoms with Gasteiger partial charge in [-0.2, -0.15) is 0 Å². The highest BCUT2D eigenvalue weighted by Crippen LogP contribution is 2.48. The Kier molecular flexibility index (Phi) is 1.31. The van der Waals surface area contributed by atoms with Crippen LogP contribution in [0.2, 0.25) is 0 Å². The van der Waals surface area contributed by atoms with E-state index in [0.717, 1.165) is 19.3 Å². The van der Waals surface area contributed by atoms with Gasteiger partial charge in [0.15, 0.2) is 0 Å². The fourth-order valence-electron chi connectivity index (χ4n) is 2.38. The molecule has 0 amide bonds. The molecule has 0 aromatic rings. The Bertz CT molecular complexity index is 165. The Labute approximate surface area is 60.2 Å².